The first kappa shape index (κ1) is 11.6. The van der Waals surface area contributed by atoms with Crippen molar-refractivity contribution in [2.45, 2.75) is 27.2 Å². The van der Waals surface area contributed by atoms with Crippen molar-refractivity contribution in [2.75, 3.05) is 18.0 Å². The van der Waals surface area contributed by atoms with E-state index in [1.807, 2.05) is 13.0 Å². The van der Waals surface area contributed by atoms with Crippen LogP contribution in [0.5, 0.6) is 0 Å². The Morgan fingerprint density at radius 1 is 1.25 bits per heavy atom. The minimum absolute atomic E-state index is 0.536. The number of aryl methyl sites for hydroxylation is 1. The molecule has 0 saturated carbocycles. The Bertz CT molecular complexity index is 350. The lowest BCUT2D eigenvalue weighted by atomic mass is 9.92. The van der Waals surface area contributed by atoms with Crippen molar-refractivity contribution >= 4 is 17.4 Å². The number of hydrogen-bond donors (Lipinski definition) is 0. The molecule has 1 aromatic heterocycles. The van der Waals surface area contributed by atoms with Crippen LogP contribution < -0.4 is 4.90 Å². The van der Waals surface area contributed by atoms with E-state index >= 15 is 0 Å². The summed E-state index contributed by atoms with van der Waals surface area (Å²) < 4.78 is 0. The van der Waals surface area contributed by atoms with Crippen molar-refractivity contribution in [3.8, 4) is 0 Å². The molecule has 0 spiro atoms. The summed E-state index contributed by atoms with van der Waals surface area (Å²) in [5.41, 5.74) is 0. The van der Waals surface area contributed by atoms with E-state index in [0.717, 1.165) is 36.6 Å². The second-order valence-electron chi connectivity index (χ2n) is 4.95. The normalized spacial score (nSPS) is 25.9. The van der Waals surface area contributed by atoms with Gasteiger partial charge in [-0.15, -0.1) is 0 Å². The lowest BCUT2D eigenvalue weighted by Gasteiger charge is -2.35. The molecule has 0 aliphatic carbocycles. The van der Waals surface area contributed by atoms with Gasteiger partial charge in [-0.1, -0.05) is 25.4 Å². The van der Waals surface area contributed by atoms with Crippen LogP contribution in [0.4, 0.5) is 5.82 Å². The van der Waals surface area contributed by atoms with Gasteiger partial charge in [0.15, 0.2) is 0 Å². The predicted octanol–water partition coefficient (Wildman–Crippen LogP) is 2.92. The van der Waals surface area contributed by atoms with Gasteiger partial charge >= 0.3 is 0 Å². The molecule has 1 aliphatic rings. The van der Waals surface area contributed by atoms with Crippen molar-refractivity contribution in [1.29, 1.82) is 0 Å². The number of anilines is 1. The van der Waals surface area contributed by atoms with E-state index in [-0.39, 0.29) is 0 Å². The van der Waals surface area contributed by atoms with Gasteiger partial charge in [0.2, 0.25) is 0 Å². The highest BCUT2D eigenvalue weighted by Gasteiger charge is 2.23. The molecule has 1 fully saturated rings. The summed E-state index contributed by atoms with van der Waals surface area (Å²) >= 11 is 5.96. The zero-order chi connectivity index (χ0) is 11.7. The van der Waals surface area contributed by atoms with Gasteiger partial charge in [-0.3, -0.25) is 0 Å². The SMILES string of the molecule is Cc1nc(Cl)cc(N2C[C@@H](C)C[C@H](C)C2)n1. The highest BCUT2D eigenvalue weighted by atomic mass is 35.5. The molecular weight excluding hydrogens is 222 g/mol. The second-order valence-corrected chi connectivity index (χ2v) is 5.33. The van der Waals surface area contributed by atoms with Gasteiger partial charge in [-0.05, 0) is 25.2 Å². The van der Waals surface area contributed by atoms with Gasteiger partial charge in [0.05, 0.1) is 0 Å². The largest absolute Gasteiger partial charge is 0.356 e. The Morgan fingerprint density at radius 3 is 2.44 bits per heavy atom. The third-order valence-electron chi connectivity index (χ3n) is 2.99. The van der Waals surface area contributed by atoms with Crippen LogP contribution in [-0.4, -0.2) is 23.1 Å². The average molecular weight is 240 g/mol. The lowest BCUT2D eigenvalue weighted by Crippen LogP contribution is -2.39. The van der Waals surface area contributed by atoms with Crippen LogP contribution in [0, 0.1) is 18.8 Å². The number of rotatable bonds is 1. The van der Waals surface area contributed by atoms with Crippen molar-refractivity contribution in [1.82, 2.24) is 9.97 Å². The van der Waals surface area contributed by atoms with Crippen LogP contribution >= 0.6 is 11.6 Å². The quantitative estimate of drug-likeness (QED) is 0.706. The molecular formula is C12H18ClN3. The van der Waals surface area contributed by atoms with Crippen molar-refractivity contribution < 1.29 is 0 Å². The van der Waals surface area contributed by atoms with Crippen LogP contribution in [0.25, 0.3) is 0 Å². The smallest absolute Gasteiger partial charge is 0.134 e. The van der Waals surface area contributed by atoms with Crippen molar-refractivity contribution in [3.05, 3.63) is 17.0 Å². The molecule has 2 heterocycles. The molecule has 88 valence electrons. The van der Waals surface area contributed by atoms with Crippen molar-refractivity contribution in [2.24, 2.45) is 11.8 Å². The lowest BCUT2D eigenvalue weighted by molar-refractivity contribution is 0.355. The van der Waals surface area contributed by atoms with Crippen LogP contribution in [0.2, 0.25) is 5.15 Å². The first-order valence-electron chi connectivity index (χ1n) is 5.80. The zero-order valence-electron chi connectivity index (χ0n) is 10.1. The summed E-state index contributed by atoms with van der Waals surface area (Å²) in [5, 5.41) is 0.536. The summed E-state index contributed by atoms with van der Waals surface area (Å²) in [6, 6.07) is 1.86. The first-order chi connectivity index (χ1) is 7.54. The Hall–Kier alpha value is -0.830. The number of nitrogens with zero attached hydrogens (tertiary/aromatic N) is 3. The van der Waals surface area contributed by atoms with Crippen LogP contribution in [-0.2, 0) is 0 Å². The van der Waals surface area contributed by atoms with Gasteiger partial charge < -0.3 is 4.90 Å². The van der Waals surface area contributed by atoms with Crippen molar-refractivity contribution in [3.63, 3.8) is 0 Å². The summed E-state index contributed by atoms with van der Waals surface area (Å²) in [7, 11) is 0. The third kappa shape index (κ3) is 2.64. The Kier molecular flexibility index (Phi) is 3.33. The molecule has 0 amide bonds. The molecule has 4 heteroatoms. The maximum Gasteiger partial charge on any atom is 0.134 e. The van der Waals surface area contributed by atoms with E-state index in [9.17, 15) is 0 Å². The standard InChI is InChI=1S/C12H18ClN3/c1-8-4-9(2)7-16(6-8)12-5-11(13)14-10(3)15-12/h5,8-9H,4,6-7H2,1-3H3/t8-,9-/m0/s1. The second kappa shape index (κ2) is 4.58. The maximum atomic E-state index is 5.96. The van der Waals surface area contributed by atoms with E-state index in [2.05, 4.69) is 28.7 Å². The zero-order valence-corrected chi connectivity index (χ0v) is 10.8. The van der Waals surface area contributed by atoms with E-state index < -0.39 is 0 Å². The molecule has 1 aliphatic heterocycles. The molecule has 16 heavy (non-hydrogen) atoms. The molecule has 0 N–H and O–H groups in total. The Labute approximate surface area is 102 Å². The average Bonchev–Trinajstić information content (AvgIpc) is 2.14. The summed E-state index contributed by atoms with van der Waals surface area (Å²) in [6.45, 7) is 8.59. The molecule has 1 saturated heterocycles. The Morgan fingerprint density at radius 2 is 1.88 bits per heavy atom. The molecule has 0 aromatic carbocycles. The number of piperidine rings is 1. The minimum atomic E-state index is 0.536. The molecule has 1 aromatic rings. The van der Waals surface area contributed by atoms with Gasteiger partial charge in [-0.2, -0.15) is 0 Å². The van der Waals surface area contributed by atoms with E-state index in [1.165, 1.54) is 6.42 Å². The molecule has 0 bridgehead atoms. The topological polar surface area (TPSA) is 29.0 Å². The monoisotopic (exact) mass is 239 g/mol. The predicted molar refractivity (Wildman–Crippen MR) is 66.9 cm³/mol. The Balaban J connectivity index is 2.22. The fraction of sp³-hybridized carbons (Fsp3) is 0.667. The molecule has 2 rings (SSSR count). The van der Waals surface area contributed by atoms with E-state index in [0.29, 0.717) is 5.15 Å². The fourth-order valence-electron chi connectivity index (χ4n) is 2.53. The highest BCUT2D eigenvalue weighted by Crippen LogP contribution is 2.26. The molecule has 3 nitrogen and oxygen atoms in total. The minimum Gasteiger partial charge on any atom is -0.356 e. The number of aromatic nitrogens is 2. The molecule has 0 radical (unpaired) electrons. The molecule has 0 unspecified atom stereocenters. The van der Waals surface area contributed by atoms with Crippen LogP contribution in [0.1, 0.15) is 26.1 Å². The molecule has 2 atom stereocenters. The summed E-state index contributed by atoms with van der Waals surface area (Å²) in [6.07, 6.45) is 1.30. The van der Waals surface area contributed by atoms with Crippen LogP contribution in [0.15, 0.2) is 6.07 Å². The summed E-state index contributed by atoms with van der Waals surface area (Å²) in [5.74, 6) is 3.15. The number of halogens is 1. The van der Waals surface area contributed by atoms with Gasteiger partial charge in [0.1, 0.15) is 16.8 Å². The fourth-order valence-corrected chi connectivity index (χ4v) is 2.75. The van der Waals surface area contributed by atoms with Gasteiger partial charge in [0, 0.05) is 19.2 Å². The first-order valence-corrected chi connectivity index (χ1v) is 6.18. The van der Waals surface area contributed by atoms with E-state index in [4.69, 9.17) is 11.6 Å². The van der Waals surface area contributed by atoms with Crippen LogP contribution in [0.3, 0.4) is 0 Å². The summed E-state index contributed by atoms with van der Waals surface area (Å²) in [4.78, 5) is 10.9. The van der Waals surface area contributed by atoms with E-state index in [1.54, 1.807) is 0 Å². The van der Waals surface area contributed by atoms with Gasteiger partial charge in [0.25, 0.3) is 0 Å². The van der Waals surface area contributed by atoms with Gasteiger partial charge in [-0.25, -0.2) is 9.97 Å². The number of hydrogen-bond acceptors (Lipinski definition) is 3. The third-order valence-corrected chi connectivity index (χ3v) is 3.18. The highest BCUT2D eigenvalue weighted by molar-refractivity contribution is 6.29. The maximum absolute atomic E-state index is 5.96.